The highest BCUT2D eigenvalue weighted by molar-refractivity contribution is 5.98. The molecule has 1 aromatic carbocycles. The highest BCUT2D eigenvalue weighted by Crippen LogP contribution is 2.36. The predicted octanol–water partition coefficient (Wildman–Crippen LogP) is 1.96. The summed E-state index contributed by atoms with van der Waals surface area (Å²) >= 11 is 0. The van der Waals surface area contributed by atoms with E-state index in [1.807, 2.05) is 32.9 Å². The van der Waals surface area contributed by atoms with Gasteiger partial charge in [-0.25, -0.2) is 4.99 Å². The Hall–Kier alpha value is -2.37. The summed E-state index contributed by atoms with van der Waals surface area (Å²) in [5.74, 6) is 0.354. The Morgan fingerprint density at radius 1 is 1.43 bits per heavy atom. The highest BCUT2D eigenvalue weighted by atomic mass is 16.6. The van der Waals surface area contributed by atoms with Crippen LogP contribution in [0.1, 0.15) is 44.2 Å². The molecule has 0 bridgehead atoms. The fourth-order valence-electron chi connectivity index (χ4n) is 3.28. The van der Waals surface area contributed by atoms with Gasteiger partial charge in [-0.2, -0.15) is 0 Å². The summed E-state index contributed by atoms with van der Waals surface area (Å²) in [6.07, 6.45) is 0.308. The lowest BCUT2D eigenvalue weighted by atomic mass is 9.83. The lowest BCUT2D eigenvalue weighted by Crippen LogP contribution is -2.47. The van der Waals surface area contributed by atoms with Gasteiger partial charge in [0.05, 0.1) is 23.6 Å². The van der Waals surface area contributed by atoms with Crippen LogP contribution in [0.2, 0.25) is 0 Å². The number of rotatable bonds is 2. The van der Waals surface area contributed by atoms with E-state index in [4.69, 9.17) is 10.6 Å². The van der Waals surface area contributed by atoms with E-state index in [2.05, 4.69) is 22.3 Å². The molecule has 1 amide bonds. The van der Waals surface area contributed by atoms with Crippen LogP contribution in [0.25, 0.3) is 0 Å². The maximum atomic E-state index is 12.2. The summed E-state index contributed by atoms with van der Waals surface area (Å²) in [6.45, 7) is 5.92. The van der Waals surface area contributed by atoms with Gasteiger partial charge >= 0.3 is 0 Å². The number of nitrogens with two attached hydrogens (primary N) is 1. The van der Waals surface area contributed by atoms with E-state index in [1.165, 1.54) is 4.90 Å². The van der Waals surface area contributed by atoms with Gasteiger partial charge in [0.15, 0.2) is 5.96 Å². The average molecular weight is 314 g/mol. The molecule has 0 fully saturated rings. The first-order valence-electron chi connectivity index (χ1n) is 7.74. The van der Waals surface area contributed by atoms with E-state index in [0.29, 0.717) is 6.42 Å². The van der Waals surface area contributed by atoms with Crippen molar-refractivity contribution in [1.29, 1.82) is 0 Å². The molecule has 0 aromatic heterocycles. The van der Waals surface area contributed by atoms with Gasteiger partial charge in [0, 0.05) is 7.05 Å². The SMILES string of the molecule is CC1=NOC(C)C1c1cccc(C2(C)CC(=O)N(C)C(N)=N2)c1. The number of amides is 1. The minimum atomic E-state index is -0.641. The third-order valence-corrected chi connectivity index (χ3v) is 4.72. The summed E-state index contributed by atoms with van der Waals surface area (Å²) in [6, 6.07) is 8.13. The number of aliphatic imine (C=N–C) groups is 1. The fourth-order valence-corrected chi connectivity index (χ4v) is 3.28. The zero-order valence-electron chi connectivity index (χ0n) is 13.9. The third-order valence-electron chi connectivity index (χ3n) is 4.72. The minimum absolute atomic E-state index is 0.00532. The minimum Gasteiger partial charge on any atom is -0.392 e. The Bertz CT molecular complexity index is 712. The summed E-state index contributed by atoms with van der Waals surface area (Å²) in [4.78, 5) is 23.5. The molecule has 122 valence electrons. The van der Waals surface area contributed by atoms with Gasteiger partial charge in [0.25, 0.3) is 0 Å². The normalized spacial score (nSPS) is 30.8. The van der Waals surface area contributed by atoms with Crippen LogP contribution < -0.4 is 5.73 Å². The summed E-state index contributed by atoms with van der Waals surface area (Å²) in [5.41, 5.74) is 8.32. The molecule has 3 atom stereocenters. The molecule has 0 radical (unpaired) electrons. The molecule has 0 saturated carbocycles. The molecule has 2 heterocycles. The van der Waals surface area contributed by atoms with Crippen LogP contribution >= 0.6 is 0 Å². The van der Waals surface area contributed by atoms with E-state index < -0.39 is 5.54 Å². The molecule has 2 aliphatic rings. The van der Waals surface area contributed by atoms with Crippen molar-refractivity contribution in [3.05, 3.63) is 35.4 Å². The first kappa shape index (κ1) is 15.5. The number of carbonyl (C=O) groups excluding carboxylic acids is 1. The lowest BCUT2D eigenvalue weighted by molar-refractivity contribution is -0.128. The average Bonchev–Trinajstić information content (AvgIpc) is 2.84. The van der Waals surface area contributed by atoms with E-state index >= 15 is 0 Å². The summed E-state index contributed by atoms with van der Waals surface area (Å²) < 4.78 is 0. The number of carbonyl (C=O) groups is 1. The van der Waals surface area contributed by atoms with Gasteiger partial charge in [-0.15, -0.1) is 0 Å². The van der Waals surface area contributed by atoms with E-state index in [0.717, 1.165) is 16.8 Å². The van der Waals surface area contributed by atoms with Crippen LogP contribution in [0.3, 0.4) is 0 Å². The first-order chi connectivity index (χ1) is 10.8. The molecular weight excluding hydrogens is 292 g/mol. The predicted molar refractivity (Wildman–Crippen MR) is 89.2 cm³/mol. The van der Waals surface area contributed by atoms with Crippen molar-refractivity contribution in [1.82, 2.24) is 4.90 Å². The van der Waals surface area contributed by atoms with Crippen LogP contribution in [-0.2, 0) is 15.2 Å². The summed E-state index contributed by atoms with van der Waals surface area (Å²) in [5, 5.41) is 4.08. The number of hydrogen-bond acceptors (Lipinski definition) is 5. The van der Waals surface area contributed by atoms with Gasteiger partial charge in [-0.05, 0) is 31.9 Å². The fraction of sp³-hybridized carbons (Fsp3) is 0.471. The zero-order chi connectivity index (χ0) is 16.8. The summed E-state index contributed by atoms with van der Waals surface area (Å²) in [7, 11) is 1.65. The van der Waals surface area contributed by atoms with Crippen molar-refractivity contribution >= 4 is 17.6 Å². The Kier molecular flexibility index (Phi) is 3.62. The Labute approximate surface area is 136 Å². The monoisotopic (exact) mass is 314 g/mol. The number of oxime groups is 1. The number of benzene rings is 1. The van der Waals surface area contributed by atoms with Crippen LogP contribution in [0.5, 0.6) is 0 Å². The molecule has 0 saturated heterocycles. The lowest BCUT2D eigenvalue weighted by Gasteiger charge is -2.34. The van der Waals surface area contributed by atoms with Crippen LogP contribution in [0, 0.1) is 0 Å². The van der Waals surface area contributed by atoms with Crippen LogP contribution in [0.15, 0.2) is 34.4 Å². The second-order valence-electron chi connectivity index (χ2n) is 6.52. The largest absolute Gasteiger partial charge is 0.392 e. The van der Waals surface area contributed by atoms with Gasteiger partial charge in [0.2, 0.25) is 5.91 Å². The second-order valence-corrected chi connectivity index (χ2v) is 6.52. The molecule has 0 aliphatic carbocycles. The number of nitrogens with zero attached hydrogens (tertiary/aromatic N) is 3. The standard InChI is InChI=1S/C17H22N4O2/c1-10-15(11(2)23-20-10)12-6-5-7-13(8-12)17(3)9-14(22)21(4)16(18)19-17/h5-8,11,15H,9H2,1-4H3,(H2,18,19). The third kappa shape index (κ3) is 2.58. The molecule has 23 heavy (non-hydrogen) atoms. The molecular formula is C17H22N4O2. The topological polar surface area (TPSA) is 80.3 Å². The molecule has 6 heteroatoms. The van der Waals surface area contributed by atoms with Gasteiger partial charge in [0.1, 0.15) is 6.10 Å². The van der Waals surface area contributed by atoms with Crippen molar-refractivity contribution in [2.45, 2.75) is 44.8 Å². The van der Waals surface area contributed by atoms with Crippen molar-refractivity contribution in [3.63, 3.8) is 0 Å². The molecule has 2 N–H and O–H groups in total. The van der Waals surface area contributed by atoms with E-state index in [9.17, 15) is 4.79 Å². The molecule has 6 nitrogen and oxygen atoms in total. The Morgan fingerprint density at radius 3 is 2.78 bits per heavy atom. The molecule has 0 spiro atoms. The maximum absolute atomic E-state index is 12.2. The molecule has 2 aliphatic heterocycles. The van der Waals surface area contributed by atoms with E-state index in [1.54, 1.807) is 7.05 Å². The van der Waals surface area contributed by atoms with E-state index in [-0.39, 0.29) is 23.9 Å². The molecule has 3 rings (SSSR count). The van der Waals surface area contributed by atoms with Gasteiger partial charge < -0.3 is 10.6 Å². The first-order valence-corrected chi connectivity index (χ1v) is 7.74. The van der Waals surface area contributed by atoms with Crippen molar-refractivity contribution in [2.24, 2.45) is 15.9 Å². The maximum Gasteiger partial charge on any atom is 0.231 e. The Morgan fingerprint density at radius 2 is 2.17 bits per heavy atom. The van der Waals surface area contributed by atoms with Crippen LogP contribution in [-0.4, -0.2) is 35.6 Å². The number of hydrogen-bond donors (Lipinski definition) is 1. The quantitative estimate of drug-likeness (QED) is 0.906. The molecule has 3 unspecified atom stereocenters. The van der Waals surface area contributed by atoms with Gasteiger partial charge in [-0.1, -0.05) is 29.4 Å². The smallest absolute Gasteiger partial charge is 0.231 e. The highest BCUT2D eigenvalue weighted by Gasteiger charge is 2.37. The zero-order valence-corrected chi connectivity index (χ0v) is 13.9. The Balaban J connectivity index is 2.00. The second kappa shape index (κ2) is 5.37. The van der Waals surface area contributed by atoms with Gasteiger partial charge in [-0.3, -0.25) is 9.69 Å². The number of guanidine groups is 1. The van der Waals surface area contributed by atoms with Crippen molar-refractivity contribution in [2.75, 3.05) is 7.05 Å². The molecule has 1 aromatic rings. The van der Waals surface area contributed by atoms with Crippen molar-refractivity contribution < 1.29 is 9.63 Å². The van der Waals surface area contributed by atoms with Crippen LogP contribution in [0.4, 0.5) is 0 Å². The van der Waals surface area contributed by atoms with Crippen molar-refractivity contribution in [3.8, 4) is 0 Å².